The first-order valence-corrected chi connectivity index (χ1v) is 6.77. The van der Waals surface area contributed by atoms with Gasteiger partial charge >= 0.3 is 0 Å². The van der Waals surface area contributed by atoms with Crippen LogP contribution in [-0.2, 0) is 9.53 Å². The highest BCUT2D eigenvalue weighted by atomic mass is 35.5. The highest BCUT2D eigenvalue weighted by Crippen LogP contribution is 2.19. The fraction of sp³-hybridized carbons (Fsp3) is 0.500. The van der Waals surface area contributed by atoms with Crippen molar-refractivity contribution >= 4 is 17.5 Å². The zero-order chi connectivity index (χ0) is 14.3. The zero-order valence-corrected chi connectivity index (χ0v) is 12.1. The molecule has 3 N–H and O–H groups in total. The first-order valence-electron chi connectivity index (χ1n) is 6.40. The van der Waals surface area contributed by atoms with E-state index in [9.17, 15) is 4.79 Å². The third kappa shape index (κ3) is 5.19. The van der Waals surface area contributed by atoms with Crippen LogP contribution < -0.4 is 11.1 Å². The SMILES string of the molecule is CCCC(N)C(=O)NCC(OC)c1cccc(Cl)c1. The van der Waals surface area contributed by atoms with E-state index in [1.807, 2.05) is 25.1 Å². The number of hydrogen-bond donors (Lipinski definition) is 2. The molecule has 1 aromatic carbocycles. The van der Waals surface area contributed by atoms with Gasteiger partial charge in [-0.1, -0.05) is 37.1 Å². The van der Waals surface area contributed by atoms with Crippen molar-refractivity contribution in [3.05, 3.63) is 34.9 Å². The maximum Gasteiger partial charge on any atom is 0.237 e. The fourth-order valence-corrected chi connectivity index (χ4v) is 2.01. The highest BCUT2D eigenvalue weighted by molar-refractivity contribution is 6.30. The maximum atomic E-state index is 11.7. The monoisotopic (exact) mass is 284 g/mol. The van der Waals surface area contributed by atoms with Crippen LogP contribution >= 0.6 is 11.6 Å². The molecule has 0 aliphatic heterocycles. The van der Waals surface area contributed by atoms with Crippen LogP contribution in [0.15, 0.2) is 24.3 Å². The molecular weight excluding hydrogens is 264 g/mol. The molecule has 5 heteroatoms. The second-order valence-corrected chi connectivity index (χ2v) is 4.86. The average Bonchev–Trinajstić information content (AvgIpc) is 2.39. The minimum absolute atomic E-state index is 0.147. The van der Waals surface area contributed by atoms with Gasteiger partial charge in [0.25, 0.3) is 0 Å². The van der Waals surface area contributed by atoms with Crippen LogP contribution in [0.5, 0.6) is 0 Å². The van der Waals surface area contributed by atoms with E-state index in [-0.39, 0.29) is 12.0 Å². The summed E-state index contributed by atoms with van der Waals surface area (Å²) in [5.74, 6) is -0.147. The van der Waals surface area contributed by atoms with E-state index < -0.39 is 6.04 Å². The summed E-state index contributed by atoms with van der Waals surface area (Å²) >= 11 is 5.94. The largest absolute Gasteiger partial charge is 0.375 e. The molecule has 2 unspecified atom stereocenters. The van der Waals surface area contributed by atoms with Crippen molar-refractivity contribution in [3.8, 4) is 0 Å². The van der Waals surface area contributed by atoms with Gasteiger partial charge < -0.3 is 15.8 Å². The minimum atomic E-state index is -0.457. The Morgan fingerprint density at radius 2 is 2.26 bits per heavy atom. The lowest BCUT2D eigenvalue weighted by Gasteiger charge is -2.18. The Bertz CT molecular complexity index is 412. The standard InChI is InChI=1S/C14H21ClN2O2/c1-3-5-12(16)14(18)17-9-13(19-2)10-6-4-7-11(15)8-10/h4,6-8,12-13H,3,5,9,16H2,1-2H3,(H,17,18). The van der Waals surface area contributed by atoms with Crippen molar-refractivity contribution < 1.29 is 9.53 Å². The molecule has 0 aliphatic rings. The van der Waals surface area contributed by atoms with Crippen molar-refractivity contribution in [1.29, 1.82) is 0 Å². The highest BCUT2D eigenvalue weighted by Gasteiger charge is 2.16. The van der Waals surface area contributed by atoms with Crippen molar-refractivity contribution in [3.63, 3.8) is 0 Å². The third-order valence-electron chi connectivity index (χ3n) is 2.90. The molecule has 1 rings (SSSR count). The second-order valence-electron chi connectivity index (χ2n) is 4.42. The quantitative estimate of drug-likeness (QED) is 0.807. The van der Waals surface area contributed by atoms with Gasteiger partial charge in [-0.05, 0) is 24.1 Å². The summed E-state index contributed by atoms with van der Waals surface area (Å²) in [6, 6.07) is 6.94. The molecule has 0 heterocycles. The maximum absolute atomic E-state index is 11.7. The Balaban J connectivity index is 2.56. The molecule has 19 heavy (non-hydrogen) atoms. The summed E-state index contributed by atoms with van der Waals surface area (Å²) in [6.07, 6.45) is 1.34. The van der Waals surface area contributed by atoms with E-state index in [2.05, 4.69) is 5.32 Å². The number of ether oxygens (including phenoxy) is 1. The van der Waals surface area contributed by atoms with Gasteiger partial charge in [0.15, 0.2) is 0 Å². The van der Waals surface area contributed by atoms with Crippen LogP contribution in [0.1, 0.15) is 31.4 Å². The molecule has 0 aliphatic carbocycles. The molecule has 0 spiro atoms. The van der Waals surface area contributed by atoms with E-state index in [0.717, 1.165) is 12.0 Å². The van der Waals surface area contributed by atoms with Gasteiger partial charge in [-0.2, -0.15) is 0 Å². The van der Waals surface area contributed by atoms with Crippen LogP contribution in [0.3, 0.4) is 0 Å². The third-order valence-corrected chi connectivity index (χ3v) is 3.14. The lowest BCUT2D eigenvalue weighted by molar-refractivity contribution is -0.123. The van der Waals surface area contributed by atoms with Gasteiger partial charge in [0.2, 0.25) is 5.91 Å². The number of nitrogens with one attached hydrogen (secondary N) is 1. The van der Waals surface area contributed by atoms with E-state index in [1.165, 1.54) is 0 Å². The predicted molar refractivity (Wildman–Crippen MR) is 77.1 cm³/mol. The summed E-state index contributed by atoms with van der Waals surface area (Å²) < 4.78 is 5.37. The van der Waals surface area contributed by atoms with Gasteiger partial charge in [0, 0.05) is 18.7 Å². The lowest BCUT2D eigenvalue weighted by atomic mass is 10.1. The number of carbonyl (C=O) groups excluding carboxylic acids is 1. The number of halogens is 1. The van der Waals surface area contributed by atoms with Gasteiger partial charge in [0.1, 0.15) is 0 Å². The topological polar surface area (TPSA) is 64.4 Å². The number of hydrogen-bond acceptors (Lipinski definition) is 3. The van der Waals surface area contributed by atoms with Gasteiger partial charge in [-0.3, -0.25) is 4.79 Å². The number of methoxy groups -OCH3 is 1. The summed E-state index contributed by atoms with van der Waals surface area (Å²) in [5, 5.41) is 3.45. The number of carbonyl (C=O) groups is 1. The molecule has 106 valence electrons. The molecule has 1 aromatic rings. The molecule has 2 atom stereocenters. The Kier molecular flexibility index (Phi) is 6.84. The molecule has 0 bridgehead atoms. The molecule has 0 aromatic heterocycles. The van der Waals surface area contributed by atoms with Crippen LogP contribution in [0.25, 0.3) is 0 Å². The lowest BCUT2D eigenvalue weighted by Crippen LogP contribution is -2.42. The molecule has 0 saturated heterocycles. The summed E-state index contributed by atoms with van der Waals surface area (Å²) in [7, 11) is 1.60. The first-order chi connectivity index (χ1) is 9.08. The summed E-state index contributed by atoms with van der Waals surface area (Å²) in [4.78, 5) is 11.7. The van der Waals surface area contributed by atoms with Gasteiger partial charge in [-0.25, -0.2) is 0 Å². The molecular formula is C14H21ClN2O2. The van der Waals surface area contributed by atoms with Crippen molar-refractivity contribution in [2.75, 3.05) is 13.7 Å². The summed E-state index contributed by atoms with van der Waals surface area (Å²) in [5.41, 5.74) is 6.67. The zero-order valence-electron chi connectivity index (χ0n) is 11.4. The van der Waals surface area contributed by atoms with E-state index in [1.54, 1.807) is 13.2 Å². The van der Waals surface area contributed by atoms with E-state index >= 15 is 0 Å². The van der Waals surface area contributed by atoms with Crippen LogP contribution in [0, 0.1) is 0 Å². The van der Waals surface area contributed by atoms with Crippen molar-refractivity contribution in [2.24, 2.45) is 5.73 Å². The average molecular weight is 285 g/mol. The number of rotatable bonds is 7. The Morgan fingerprint density at radius 1 is 1.53 bits per heavy atom. The van der Waals surface area contributed by atoms with Crippen molar-refractivity contribution in [2.45, 2.75) is 31.9 Å². The molecule has 1 amide bonds. The minimum Gasteiger partial charge on any atom is -0.375 e. The van der Waals surface area contributed by atoms with Gasteiger partial charge in [-0.15, -0.1) is 0 Å². The number of nitrogens with two attached hydrogens (primary N) is 1. The van der Waals surface area contributed by atoms with Crippen LogP contribution in [0.2, 0.25) is 5.02 Å². The fourth-order valence-electron chi connectivity index (χ4n) is 1.81. The first kappa shape index (κ1) is 16.0. The second kappa shape index (κ2) is 8.15. The predicted octanol–water partition coefficient (Wildman–Crippen LogP) is 2.27. The number of amides is 1. The Morgan fingerprint density at radius 3 is 2.84 bits per heavy atom. The summed E-state index contributed by atoms with van der Waals surface area (Å²) in [6.45, 7) is 2.38. The van der Waals surface area contributed by atoms with Gasteiger partial charge in [0.05, 0.1) is 12.1 Å². The molecule has 4 nitrogen and oxygen atoms in total. The number of benzene rings is 1. The normalized spacial score (nSPS) is 13.9. The molecule has 0 fully saturated rings. The molecule has 0 radical (unpaired) electrons. The smallest absolute Gasteiger partial charge is 0.237 e. The molecule has 0 saturated carbocycles. The van der Waals surface area contributed by atoms with Crippen LogP contribution in [0.4, 0.5) is 0 Å². The van der Waals surface area contributed by atoms with Crippen molar-refractivity contribution in [1.82, 2.24) is 5.32 Å². The van der Waals surface area contributed by atoms with E-state index in [4.69, 9.17) is 22.1 Å². The van der Waals surface area contributed by atoms with Crippen LogP contribution in [-0.4, -0.2) is 25.6 Å². The van der Waals surface area contributed by atoms with E-state index in [0.29, 0.717) is 18.0 Å². The Hall–Kier alpha value is -1.10. The Labute approximate surface area is 119 Å².